The smallest absolute Gasteiger partial charge is 0.341 e. The van der Waals surface area contributed by atoms with Gasteiger partial charge < -0.3 is 19.5 Å². The molecule has 1 amide bonds. The summed E-state index contributed by atoms with van der Waals surface area (Å²) in [5, 5.41) is 3.41. The van der Waals surface area contributed by atoms with E-state index in [4.69, 9.17) is 14.2 Å². The number of anilines is 1. The summed E-state index contributed by atoms with van der Waals surface area (Å²) in [6.45, 7) is 2.20. The molecule has 1 atom stereocenters. The molecule has 0 radical (unpaired) electrons. The summed E-state index contributed by atoms with van der Waals surface area (Å²) in [6, 6.07) is 5.39. The number of benzene rings is 1. The molecule has 154 valence electrons. The monoisotopic (exact) mass is 415 g/mol. The van der Waals surface area contributed by atoms with Gasteiger partial charge in [-0.3, -0.25) is 4.79 Å². The summed E-state index contributed by atoms with van der Waals surface area (Å²) >= 11 is 1.47. The molecule has 3 rings (SSSR count). The molecule has 7 heteroatoms. The van der Waals surface area contributed by atoms with Crippen molar-refractivity contribution >= 4 is 34.3 Å². The second-order valence-electron chi connectivity index (χ2n) is 6.98. The van der Waals surface area contributed by atoms with Crippen LogP contribution in [0.25, 0.3) is 6.08 Å². The Bertz CT molecular complexity index is 947. The summed E-state index contributed by atoms with van der Waals surface area (Å²) in [4.78, 5) is 26.0. The standard InChI is InChI=1S/C22H25NO5S/c1-13-5-8-15-18(11-13)29-21(20(15)22(25)28-4)23-19(24)10-7-14-6-9-16(26-2)17(12-14)27-3/h6-7,9-10,12-13H,5,8,11H2,1-4H3,(H,23,24). The topological polar surface area (TPSA) is 73.9 Å². The van der Waals surface area contributed by atoms with Crippen LogP contribution in [0.2, 0.25) is 0 Å². The van der Waals surface area contributed by atoms with Crippen molar-refractivity contribution in [3.05, 3.63) is 45.8 Å². The van der Waals surface area contributed by atoms with Gasteiger partial charge in [0, 0.05) is 11.0 Å². The van der Waals surface area contributed by atoms with Crippen LogP contribution >= 0.6 is 11.3 Å². The van der Waals surface area contributed by atoms with E-state index in [1.807, 2.05) is 6.07 Å². The number of hydrogen-bond donors (Lipinski definition) is 1. The third kappa shape index (κ3) is 4.62. The first-order chi connectivity index (χ1) is 14.0. The van der Waals surface area contributed by atoms with Gasteiger partial charge in [0.15, 0.2) is 11.5 Å². The van der Waals surface area contributed by atoms with Crippen molar-refractivity contribution in [2.75, 3.05) is 26.6 Å². The quantitative estimate of drug-likeness (QED) is 0.562. The molecule has 2 aromatic rings. The van der Waals surface area contributed by atoms with E-state index in [1.165, 1.54) is 24.5 Å². The maximum atomic E-state index is 12.5. The fraction of sp³-hybridized carbons (Fsp3) is 0.364. The number of hydrogen-bond acceptors (Lipinski definition) is 6. The summed E-state index contributed by atoms with van der Waals surface area (Å²) < 4.78 is 15.5. The van der Waals surface area contributed by atoms with Gasteiger partial charge in [-0.05, 0) is 54.5 Å². The molecule has 1 aromatic heterocycles. The minimum Gasteiger partial charge on any atom is -0.493 e. The van der Waals surface area contributed by atoms with E-state index < -0.39 is 5.97 Å². The minimum absolute atomic E-state index is 0.309. The Kier molecular flexibility index (Phi) is 6.59. The number of carbonyl (C=O) groups excluding carboxylic acids is 2. The maximum Gasteiger partial charge on any atom is 0.341 e. The van der Waals surface area contributed by atoms with Crippen LogP contribution in [0.3, 0.4) is 0 Å². The summed E-state index contributed by atoms with van der Waals surface area (Å²) in [6.07, 6.45) is 5.89. The van der Waals surface area contributed by atoms with Gasteiger partial charge in [0.05, 0.1) is 26.9 Å². The van der Waals surface area contributed by atoms with E-state index in [-0.39, 0.29) is 5.91 Å². The molecule has 0 spiro atoms. The molecular weight excluding hydrogens is 390 g/mol. The highest BCUT2D eigenvalue weighted by atomic mass is 32.1. The number of rotatable bonds is 6. The van der Waals surface area contributed by atoms with Crippen molar-refractivity contribution in [3.63, 3.8) is 0 Å². The Morgan fingerprint density at radius 3 is 2.62 bits per heavy atom. The first kappa shape index (κ1) is 20.9. The summed E-state index contributed by atoms with van der Waals surface area (Å²) in [5.74, 6) is 1.06. The average Bonchev–Trinajstić information content (AvgIpc) is 3.07. The number of amides is 1. The first-order valence-corrected chi connectivity index (χ1v) is 10.2. The van der Waals surface area contributed by atoms with E-state index in [0.29, 0.717) is 28.0 Å². The zero-order valence-electron chi connectivity index (χ0n) is 17.0. The van der Waals surface area contributed by atoms with Crippen LogP contribution in [-0.4, -0.2) is 33.2 Å². The molecule has 0 bridgehead atoms. The van der Waals surface area contributed by atoms with Crippen LogP contribution in [0.1, 0.15) is 39.7 Å². The third-order valence-corrected chi connectivity index (χ3v) is 6.14. The highest BCUT2D eigenvalue weighted by Gasteiger charge is 2.28. The SMILES string of the molecule is COC(=O)c1c(NC(=O)C=Cc2ccc(OC)c(OC)c2)sc2c1CCC(C)C2. The predicted molar refractivity (Wildman–Crippen MR) is 114 cm³/mol. The van der Waals surface area contributed by atoms with E-state index in [1.54, 1.807) is 32.4 Å². The zero-order valence-corrected chi connectivity index (χ0v) is 17.9. The number of thiophene rings is 1. The van der Waals surface area contributed by atoms with Crippen LogP contribution < -0.4 is 14.8 Å². The molecule has 1 unspecified atom stereocenters. The Morgan fingerprint density at radius 2 is 1.93 bits per heavy atom. The Labute approximate surface area is 174 Å². The van der Waals surface area contributed by atoms with Crippen molar-refractivity contribution in [2.24, 2.45) is 5.92 Å². The second-order valence-corrected chi connectivity index (χ2v) is 8.09. The fourth-order valence-electron chi connectivity index (χ4n) is 3.44. The fourth-order valence-corrected chi connectivity index (χ4v) is 4.84. The summed E-state index contributed by atoms with van der Waals surface area (Å²) in [7, 11) is 4.49. The molecule has 1 aromatic carbocycles. The predicted octanol–water partition coefficient (Wildman–Crippen LogP) is 4.33. The van der Waals surface area contributed by atoms with Crippen LogP contribution in [0, 0.1) is 5.92 Å². The summed E-state index contributed by atoms with van der Waals surface area (Å²) in [5.41, 5.74) is 2.30. The first-order valence-electron chi connectivity index (χ1n) is 9.40. The number of methoxy groups -OCH3 is 3. The van der Waals surface area contributed by atoms with Crippen molar-refractivity contribution in [2.45, 2.75) is 26.2 Å². The van der Waals surface area contributed by atoms with E-state index >= 15 is 0 Å². The molecule has 1 aliphatic carbocycles. The van der Waals surface area contributed by atoms with Gasteiger partial charge in [0.2, 0.25) is 5.91 Å². The normalized spacial score (nSPS) is 15.7. The van der Waals surface area contributed by atoms with Crippen molar-refractivity contribution in [3.8, 4) is 11.5 Å². The van der Waals surface area contributed by atoms with Crippen LogP contribution in [0.15, 0.2) is 24.3 Å². The Hall–Kier alpha value is -2.80. The van der Waals surface area contributed by atoms with Crippen molar-refractivity contribution < 1.29 is 23.8 Å². The molecule has 0 saturated carbocycles. The van der Waals surface area contributed by atoms with Crippen LogP contribution in [-0.2, 0) is 22.4 Å². The zero-order chi connectivity index (χ0) is 21.0. The number of esters is 1. The molecule has 0 fully saturated rings. The van der Waals surface area contributed by atoms with Gasteiger partial charge in [0.1, 0.15) is 5.00 Å². The van der Waals surface area contributed by atoms with Crippen molar-refractivity contribution in [1.82, 2.24) is 0 Å². The number of nitrogens with one attached hydrogen (secondary N) is 1. The van der Waals surface area contributed by atoms with Crippen LogP contribution in [0.4, 0.5) is 5.00 Å². The minimum atomic E-state index is -0.406. The van der Waals surface area contributed by atoms with E-state index in [0.717, 1.165) is 35.3 Å². The second kappa shape index (κ2) is 9.13. The van der Waals surface area contributed by atoms with Gasteiger partial charge in [-0.1, -0.05) is 13.0 Å². The average molecular weight is 416 g/mol. The maximum absolute atomic E-state index is 12.5. The molecule has 1 heterocycles. The van der Waals surface area contributed by atoms with Gasteiger partial charge in [-0.15, -0.1) is 11.3 Å². The Balaban J connectivity index is 1.80. The molecule has 0 saturated heterocycles. The van der Waals surface area contributed by atoms with Crippen molar-refractivity contribution in [1.29, 1.82) is 0 Å². The number of ether oxygens (including phenoxy) is 3. The lowest BCUT2D eigenvalue weighted by atomic mass is 9.88. The molecule has 29 heavy (non-hydrogen) atoms. The number of fused-ring (bicyclic) bond motifs is 1. The van der Waals surface area contributed by atoms with Gasteiger partial charge in [-0.25, -0.2) is 4.79 Å². The van der Waals surface area contributed by atoms with Gasteiger partial charge in [0.25, 0.3) is 0 Å². The third-order valence-electron chi connectivity index (χ3n) is 4.97. The molecule has 1 N–H and O–H groups in total. The largest absolute Gasteiger partial charge is 0.493 e. The lowest BCUT2D eigenvalue weighted by Gasteiger charge is -2.18. The van der Waals surface area contributed by atoms with Gasteiger partial charge in [-0.2, -0.15) is 0 Å². The lowest BCUT2D eigenvalue weighted by molar-refractivity contribution is -0.111. The molecule has 1 aliphatic rings. The molecular formula is C22H25NO5S. The highest BCUT2D eigenvalue weighted by molar-refractivity contribution is 7.17. The van der Waals surface area contributed by atoms with Crippen LogP contribution in [0.5, 0.6) is 11.5 Å². The van der Waals surface area contributed by atoms with Gasteiger partial charge >= 0.3 is 5.97 Å². The lowest BCUT2D eigenvalue weighted by Crippen LogP contribution is -2.14. The molecule has 0 aliphatic heterocycles. The molecule has 6 nitrogen and oxygen atoms in total. The number of carbonyl (C=O) groups is 2. The highest BCUT2D eigenvalue weighted by Crippen LogP contribution is 2.40. The Morgan fingerprint density at radius 1 is 1.17 bits per heavy atom. The van der Waals surface area contributed by atoms with E-state index in [2.05, 4.69) is 12.2 Å². The van der Waals surface area contributed by atoms with E-state index in [9.17, 15) is 9.59 Å².